The molecule has 0 saturated carbocycles. The second kappa shape index (κ2) is 7.89. The number of ether oxygens (including phenoxy) is 1. The molecule has 28 heavy (non-hydrogen) atoms. The van der Waals surface area contributed by atoms with E-state index in [1.54, 1.807) is 11.8 Å². The normalized spacial score (nSPS) is 18.9. The summed E-state index contributed by atoms with van der Waals surface area (Å²) in [6, 6.07) is 6.21. The summed E-state index contributed by atoms with van der Waals surface area (Å²) >= 11 is 0. The van der Waals surface area contributed by atoms with Gasteiger partial charge in [-0.05, 0) is 43.7 Å². The summed E-state index contributed by atoms with van der Waals surface area (Å²) in [7, 11) is 0. The number of halogens is 2. The third-order valence-corrected chi connectivity index (χ3v) is 4.60. The van der Waals surface area contributed by atoms with Crippen LogP contribution in [-0.2, 0) is 4.74 Å². The lowest BCUT2D eigenvalue weighted by atomic mass is 10.0. The number of benzene rings is 2. The van der Waals surface area contributed by atoms with Crippen molar-refractivity contribution in [2.45, 2.75) is 25.5 Å². The third-order valence-electron chi connectivity index (χ3n) is 4.60. The zero-order chi connectivity index (χ0) is 20.4. The van der Waals surface area contributed by atoms with Crippen molar-refractivity contribution < 1.29 is 28.3 Å². The van der Waals surface area contributed by atoms with Gasteiger partial charge in [0.25, 0.3) is 5.69 Å². The van der Waals surface area contributed by atoms with Crippen molar-refractivity contribution in [3.05, 3.63) is 69.3 Å². The predicted octanol–water partition coefficient (Wildman–Crippen LogP) is 3.36. The summed E-state index contributed by atoms with van der Waals surface area (Å²) in [5, 5.41) is 21.3. The SMILES string of the molecule is CCOC(=O)c1cc(N2C[C@H](O)C[C@H]2c2cc(F)ccc2F)ccc1[N+](=O)[O-]. The first-order valence-electron chi connectivity index (χ1n) is 8.67. The topological polar surface area (TPSA) is 92.9 Å². The highest BCUT2D eigenvalue weighted by atomic mass is 19.1. The number of hydrogen-bond donors (Lipinski definition) is 1. The number of esters is 1. The van der Waals surface area contributed by atoms with E-state index >= 15 is 0 Å². The molecule has 148 valence electrons. The number of aliphatic hydroxyl groups excluding tert-OH is 1. The molecular formula is C19H18F2N2O5. The summed E-state index contributed by atoms with van der Waals surface area (Å²) in [4.78, 5) is 24.3. The minimum atomic E-state index is -0.857. The molecule has 1 fully saturated rings. The molecule has 0 spiro atoms. The molecule has 2 aromatic carbocycles. The minimum absolute atomic E-state index is 0.0414. The van der Waals surface area contributed by atoms with Crippen molar-refractivity contribution in [2.24, 2.45) is 0 Å². The Morgan fingerprint density at radius 1 is 1.32 bits per heavy atom. The van der Waals surface area contributed by atoms with E-state index in [0.717, 1.165) is 24.3 Å². The van der Waals surface area contributed by atoms with Crippen molar-refractivity contribution >= 4 is 17.3 Å². The summed E-state index contributed by atoms with van der Waals surface area (Å²) in [5.74, 6) is -2.10. The lowest BCUT2D eigenvalue weighted by molar-refractivity contribution is -0.385. The molecule has 1 aliphatic rings. The first-order chi connectivity index (χ1) is 13.3. The molecule has 0 unspecified atom stereocenters. The van der Waals surface area contributed by atoms with Crippen LogP contribution in [-0.4, -0.2) is 35.3 Å². The Bertz CT molecular complexity index is 921. The van der Waals surface area contributed by atoms with Gasteiger partial charge in [0.05, 0.1) is 23.7 Å². The molecule has 0 aromatic heterocycles. The fourth-order valence-corrected chi connectivity index (χ4v) is 3.40. The quantitative estimate of drug-likeness (QED) is 0.477. The Morgan fingerprint density at radius 2 is 2.07 bits per heavy atom. The molecule has 0 amide bonds. The summed E-state index contributed by atoms with van der Waals surface area (Å²) in [5.41, 5.74) is -0.244. The van der Waals surface area contributed by atoms with Gasteiger partial charge in [-0.25, -0.2) is 13.6 Å². The van der Waals surface area contributed by atoms with Crippen LogP contribution in [0.15, 0.2) is 36.4 Å². The van der Waals surface area contributed by atoms with Gasteiger partial charge in [-0.1, -0.05) is 0 Å². The zero-order valence-electron chi connectivity index (χ0n) is 15.0. The minimum Gasteiger partial charge on any atom is -0.462 e. The maximum atomic E-state index is 14.3. The number of carbonyl (C=O) groups is 1. The van der Waals surface area contributed by atoms with Crippen molar-refractivity contribution in [1.82, 2.24) is 0 Å². The molecule has 9 heteroatoms. The van der Waals surface area contributed by atoms with Crippen molar-refractivity contribution in [1.29, 1.82) is 0 Å². The van der Waals surface area contributed by atoms with Crippen LogP contribution >= 0.6 is 0 Å². The van der Waals surface area contributed by atoms with E-state index in [1.165, 1.54) is 12.1 Å². The Hall–Kier alpha value is -3.07. The van der Waals surface area contributed by atoms with E-state index in [4.69, 9.17) is 4.74 Å². The molecule has 7 nitrogen and oxygen atoms in total. The summed E-state index contributed by atoms with van der Waals surface area (Å²) in [6.45, 7) is 1.72. The zero-order valence-corrected chi connectivity index (χ0v) is 15.0. The first-order valence-corrected chi connectivity index (χ1v) is 8.67. The van der Waals surface area contributed by atoms with Crippen LogP contribution in [0, 0.1) is 21.7 Å². The maximum absolute atomic E-state index is 14.3. The average molecular weight is 392 g/mol. The van der Waals surface area contributed by atoms with Crippen molar-refractivity contribution in [3.63, 3.8) is 0 Å². The Kier molecular flexibility index (Phi) is 5.55. The van der Waals surface area contributed by atoms with Crippen LogP contribution in [0.4, 0.5) is 20.2 Å². The van der Waals surface area contributed by atoms with Gasteiger partial charge in [-0.3, -0.25) is 10.1 Å². The van der Waals surface area contributed by atoms with Crippen LogP contribution in [0.25, 0.3) is 0 Å². The molecule has 3 rings (SSSR count). The molecule has 0 aliphatic carbocycles. The van der Waals surface area contributed by atoms with Crippen molar-refractivity contribution in [2.75, 3.05) is 18.1 Å². The molecule has 2 atom stereocenters. The fraction of sp³-hybridized carbons (Fsp3) is 0.316. The predicted molar refractivity (Wildman–Crippen MR) is 96.1 cm³/mol. The lowest BCUT2D eigenvalue weighted by Gasteiger charge is -2.27. The van der Waals surface area contributed by atoms with Crippen LogP contribution in [0.3, 0.4) is 0 Å². The largest absolute Gasteiger partial charge is 0.462 e. The number of rotatable bonds is 5. The molecule has 2 aromatic rings. The maximum Gasteiger partial charge on any atom is 0.345 e. The molecule has 0 bridgehead atoms. The molecule has 1 N–H and O–H groups in total. The van der Waals surface area contributed by atoms with E-state index in [2.05, 4.69) is 0 Å². The number of β-amino-alcohol motifs (C(OH)–C–C–N with tert-alkyl or cyclic N) is 1. The second-order valence-electron chi connectivity index (χ2n) is 6.40. The van der Waals surface area contributed by atoms with Crippen LogP contribution in [0.5, 0.6) is 0 Å². The highest BCUT2D eigenvalue weighted by molar-refractivity contribution is 5.95. The molecule has 1 saturated heterocycles. The standard InChI is InChI=1S/C19H18F2N2O5/c1-2-28-19(25)15-8-12(4-6-17(15)23(26)27)22-10-13(24)9-18(22)14-7-11(20)3-5-16(14)21/h3-8,13,18,24H,2,9-10H2,1H3/t13-,18+/m1/s1. The highest BCUT2D eigenvalue weighted by Gasteiger charge is 2.35. The van der Waals surface area contributed by atoms with Crippen molar-refractivity contribution in [3.8, 4) is 0 Å². The van der Waals surface area contributed by atoms with Crippen LogP contribution < -0.4 is 4.90 Å². The number of nitro benzene ring substituents is 1. The third kappa shape index (κ3) is 3.79. The van der Waals surface area contributed by atoms with E-state index in [1.807, 2.05) is 0 Å². The smallest absolute Gasteiger partial charge is 0.345 e. The van der Waals surface area contributed by atoms with Gasteiger partial charge in [0.2, 0.25) is 0 Å². The monoisotopic (exact) mass is 392 g/mol. The number of aliphatic hydroxyl groups is 1. The molecule has 1 aliphatic heterocycles. The first kappa shape index (κ1) is 19.7. The molecule has 0 radical (unpaired) electrons. The van der Waals surface area contributed by atoms with E-state index in [-0.39, 0.29) is 30.7 Å². The highest BCUT2D eigenvalue weighted by Crippen LogP contribution is 2.39. The van der Waals surface area contributed by atoms with Gasteiger partial charge in [-0.15, -0.1) is 0 Å². The molecular weight excluding hydrogens is 374 g/mol. The average Bonchev–Trinajstić information content (AvgIpc) is 3.04. The number of nitro groups is 1. The second-order valence-corrected chi connectivity index (χ2v) is 6.40. The Labute approximate surface area is 159 Å². The fourth-order valence-electron chi connectivity index (χ4n) is 3.40. The van der Waals surface area contributed by atoms with Gasteiger partial charge in [0.15, 0.2) is 0 Å². The number of carbonyl (C=O) groups excluding carboxylic acids is 1. The molecule has 1 heterocycles. The Morgan fingerprint density at radius 3 is 2.75 bits per heavy atom. The van der Waals surface area contributed by atoms with Gasteiger partial charge in [0, 0.05) is 23.9 Å². The number of anilines is 1. The summed E-state index contributed by atoms with van der Waals surface area (Å²) in [6.07, 6.45) is -0.666. The number of nitrogens with zero attached hydrogens (tertiary/aromatic N) is 2. The van der Waals surface area contributed by atoms with Crippen LogP contribution in [0.1, 0.15) is 35.3 Å². The lowest BCUT2D eigenvalue weighted by Crippen LogP contribution is -2.25. The Balaban J connectivity index is 2.05. The van der Waals surface area contributed by atoms with E-state index in [0.29, 0.717) is 5.69 Å². The van der Waals surface area contributed by atoms with E-state index in [9.17, 15) is 28.8 Å². The van der Waals surface area contributed by atoms with E-state index < -0.39 is 40.4 Å². The van der Waals surface area contributed by atoms with Gasteiger partial charge < -0.3 is 14.7 Å². The summed E-state index contributed by atoms with van der Waals surface area (Å²) < 4.78 is 32.8. The van der Waals surface area contributed by atoms with Crippen LogP contribution in [0.2, 0.25) is 0 Å². The number of hydrogen-bond acceptors (Lipinski definition) is 6. The van der Waals surface area contributed by atoms with Gasteiger partial charge in [0.1, 0.15) is 17.2 Å². The van der Waals surface area contributed by atoms with Gasteiger partial charge in [-0.2, -0.15) is 0 Å². The van der Waals surface area contributed by atoms with Gasteiger partial charge >= 0.3 is 5.97 Å².